The minimum absolute atomic E-state index is 0.0924. The molecule has 4 nitrogen and oxygen atoms in total. The van der Waals surface area contributed by atoms with Crippen molar-refractivity contribution in [2.75, 3.05) is 32.9 Å². The summed E-state index contributed by atoms with van der Waals surface area (Å²) in [5.41, 5.74) is 5.54. The van der Waals surface area contributed by atoms with Gasteiger partial charge in [0.25, 0.3) is 0 Å². The van der Waals surface area contributed by atoms with E-state index in [0.717, 1.165) is 72.5 Å². The first kappa shape index (κ1) is 26.2. The van der Waals surface area contributed by atoms with Gasteiger partial charge in [0.2, 0.25) is 0 Å². The fourth-order valence-corrected chi connectivity index (χ4v) is 5.64. The van der Waals surface area contributed by atoms with Crippen LogP contribution in [0.5, 0.6) is 17.2 Å². The number of hydrogen-bond donors (Lipinski definition) is 1. The number of rotatable bonds is 9. The van der Waals surface area contributed by atoms with Crippen LogP contribution in [0, 0.1) is 5.82 Å². The molecule has 1 saturated heterocycles. The molecule has 0 unspecified atom stereocenters. The molecule has 2 aliphatic rings. The first-order valence-corrected chi connectivity index (χ1v) is 13.6. The molecule has 1 heterocycles. The number of phenolic OH excluding ortho intramolecular Hbond substituents is 1. The fraction of sp³-hybridized carbons (Fsp3) is 0.375. The lowest BCUT2D eigenvalue weighted by molar-refractivity contribution is 0.198. The third kappa shape index (κ3) is 5.86. The minimum Gasteiger partial charge on any atom is -0.508 e. The summed E-state index contributed by atoms with van der Waals surface area (Å²) < 4.78 is 39.7. The number of nitrogens with zero attached hydrogens (tertiary/aromatic N) is 1. The molecule has 1 fully saturated rings. The second-order valence-electron chi connectivity index (χ2n) is 10.0. The summed E-state index contributed by atoms with van der Waals surface area (Å²) in [7, 11) is 0. The number of phenols is 1. The lowest BCUT2D eigenvalue weighted by Gasteiger charge is -2.19. The smallest absolute Gasteiger partial charge is 0.134 e. The molecule has 1 N–H and O–H groups in total. The summed E-state index contributed by atoms with van der Waals surface area (Å²) in [6, 6.07) is 18.6. The molecular weight excluding hydrogens is 484 g/mol. The maximum absolute atomic E-state index is 15.4. The first-order valence-electron chi connectivity index (χ1n) is 13.6. The van der Waals surface area contributed by atoms with E-state index in [-0.39, 0.29) is 24.3 Å². The Kier molecular flexibility index (Phi) is 8.28. The summed E-state index contributed by atoms with van der Waals surface area (Å²) in [6.07, 6.45) is 3.95. The minimum atomic E-state index is -0.302. The Morgan fingerprint density at radius 3 is 2.53 bits per heavy atom. The van der Waals surface area contributed by atoms with Crippen LogP contribution in [0.1, 0.15) is 54.9 Å². The van der Waals surface area contributed by atoms with E-state index in [4.69, 9.17) is 9.47 Å². The van der Waals surface area contributed by atoms with Crippen molar-refractivity contribution < 1.29 is 23.4 Å². The monoisotopic (exact) mass is 519 g/mol. The molecule has 1 atom stereocenters. The van der Waals surface area contributed by atoms with Crippen LogP contribution >= 0.6 is 0 Å². The Morgan fingerprint density at radius 1 is 0.974 bits per heavy atom. The average molecular weight is 520 g/mol. The summed E-state index contributed by atoms with van der Waals surface area (Å²) >= 11 is 0. The van der Waals surface area contributed by atoms with E-state index in [2.05, 4.69) is 4.90 Å². The molecule has 0 bridgehead atoms. The molecule has 0 spiro atoms. The number of halogens is 2. The zero-order valence-corrected chi connectivity index (χ0v) is 21.9. The van der Waals surface area contributed by atoms with E-state index in [0.29, 0.717) is 30.8 Å². The number of likely N-dealkylation sites (tertiary alicyclic amines) is 1. The number of allylic oxidation sites excluding steroid dienone is 1. The highest BCUT2D eigenvalue weighted by Gasteiger charge is 2.25. The molecule has 3 aromatic rings. The Balaban J connectivity index is 1.49. The van der Waals surface area contributed by atoms with Crippen LogP contribution in [0.2, 0.25) is 0 Å². The SMILES string of the molecule is CCOc1ccc(C2=C(c3ccc(O[C@H]4CCN(CCCF)C4)cc3)c3ccc(O)cc3CCC2)c(F)c1. The zero-order valence-electron chi connectivity index (χ0n) is 21.9. The predicted octanol–water partition coefficient (Wildman–Crippen LogP) is 7.04. The molecule has 0 saturated carbocycles. The van der Waals surface area contributed by atoms with Crippen LogP contribution in [0.4, 0.5) is 8.78 Å². The Bertz CT molecular complexity index is 1290. The highest BCUT2D eigenvalue weighted by molar-refractivity contribution is 6.00. The third-order valence-corrected chi connectivity index (χ3v) is 7.39. The van der Waals surface area contributed by atoms with Gasteiger partial charge in [-0.1, -0.05) is 18.2 Å². The third-order valence-electron chi connectivity index (χ3n) is 7.39. The number of alkyl halides is 1. The number of hydrogen-bond acceptors (Lipinski definition) is 4. The highest BCUT2D eigenvalue weighted by atomic mass is 19.1. The number of aromatic hydroxyl groups is 1. The van der Waals surface area contributed by atoms with Crippen LogP contribution in [0.15, 0.2) is 60.7 Å². The molecule has 0 radical (unpaired) electrons. The van der Waals surface area contributed by atoms with Crippen LogP contribution in [0.25, 0.3) is 11.1 Å². The molecule has 3 aromatic carbocycles. The van der Waals surface area contributed by atoms with E-state index in [1.807, 2.05) is 55.5 Å². The Labute approximate surface area is 223 Å². The van der Waals surface area contributed by atoms with Gasteiger partial charge in [0.15, 0.2) is 0 Å². The number of fused-ring (bicyclic) bond motifs is 1. The van der Waals surface area contributed by atoms with Gasteiger partial charge in [-0.3, -0.25) is 9.29 Å². The van der Waals surface area contributed by atoms with Crippen LogP contribution in [-0.4, -0.2) is 49.0 Å². The van der Waals surface area contributed by atoms with Crippen molar-refractivity contribution in [3.63, 3.8) is 0 Å². The fourth-order valence-electron chi connectivity index (χ4n) is 5.64. The summed E-state index contributed by atoms with van der Waals surface area (Å²) in [5, 5.41) is 10.2. The van der Waals surface area contributed by atoms with Crippen molar-refractivity contribution in [2.45, 2.75) is 45.1 Å². The van der Waals surface area contributed by atoms with Crippen LogP contribution in [-0.2, 0) is 6.42 Å². The van der Waals surface area contributed by atoms with Gasteiger partial charge in [0.05, 0.1) is 13.3 Å². The molecule has 0 aromatic heterocycles. The van der Waals surface area contributed by atoms with Crippen molar-refractivity contribution in [2.24, 2.45) is 0 Å². The molecule has 5 rings (SSSR count). The van der Waals surface area contributed by atoms with Gasteiger partial charge < -0.3 is 14.6 Å². The van der Waals surface area contributed by atoms with Gasteiger partial charge in [-0.05, 0) is 103 Å². The molecular formula is C32H35F2NO3. The van der Waals surface area contributed by atoms with Gasteiger partial charge in [-0.15, -0.1) is 0 Å². The zero-order chi connectivity index (χ0) is 26.5. The van der Waals surface area contributed by atoms with E-state index in [9.17, 15) is 9.50 Å². The first-order chi connectivity index (χ1) is 18.6. The molecule has 6 heteroatoms. The maximum atomic E-state index is 15.4. The van der Waals surface area contributed by atoms with Crippen molar-refractivity contribution in [1.82, 2.24) is 4.90 Å². The number of aryl methyl sites for hydroxylation is 1. The van der Waals surface area contributed by atoms with Gasteiger partial charge in [-0.25, -0.2) is 4.39 Å². The van der Waals surface area contributed by atoms with Crippen molar-refractivity contribution in [3.05, 3.63) is 88.7 Å². The molecule has 200 valence electrons. The van der Waals surface area contributed by atoms with Crippen molar-refractivity contribution >= 4 is 11.1 Å². The van der Waals surface area contributed by atoms with E-state index in [1.165, 1.54) is 6.07 Å². The number of ether oxygens (including phenoxy) is 2. The largest absolute Gasteiger partial charge is 0.508 e. The van der Waals surface area contributed by atoms with E-state index in [1.54, 1.807) is 6.07 Å². The standard InChI is InChI=1S/C32H35F2NO3/c1-2-37-26-12-14-29(31(34)20-26)30-6-3-5-23-19-24(36)9-13-28(23)32(30)22-7-10-25(11-8-22)38-27-15-18-35(21-27)17-4-16-33/h7-14,19-20,27,36H,2-6,15-18,21H2,1H3/t27-/m0/s1. The van der Waals surface area contributed by atoms with Crippen molar-refractivity contribution in [1.29, 1.82) is 0 Å². The van der Waals surface area contributed by atoms with Crippen LogP contribution in [0.3, 0.4) is 0 Å². The average Bonchev–Trinajstić information content (AvgIpc) is 3.27. The van der Waals surface area contributed by atoms with Crippen molar-refractivity contribution in [3.8, 4) is 17.2 Å². The van der Waals surface area contributed by atoms with E-state index >= 15 is 4.39 Å². The second-order valence-corrected chi connectivity index (χ2v) is 10.0. The van der Waals surface area contributed by atoms with E-state index < -0.39 is 0 Å². The molecule has 1 aliphatic heterocycles. The predicted molar refractivity (Wildman–Crippen MR) is 147 cm³/mol. The molecule has 38 heavy (non-hydrogen) atoms. The van der Waals surface area contributed by atoms with Gasteiger partial charge in [-0.2, -0.15) is 0 Å². The summed E-state index contributed by atoms with van der Waals surface area (Å²) in [5.74, 6) is 1.25. The highest BCUT2D eigenvalue weighted by Crippen LogP contribution is 2.42. The van der Waals surface area contributed by atoms with Gasteiger partial charge in [0.1, 0.15) is 29.2 Å². The van der Waals surface area contributed by atoms with Gasteiger partial charge in [0, 0.05) is 31.3 Å². The summed E-state index contributed by atoms with van der Waals surface area (Å²) in [6.45, 7) is 4.58. The lowest BCUT2D eigenvalue weighted by atomic mass is 9.87. The molecule has 1 aliphatic carbocycles. The van der Waals surface area contributed by atoms with Crippen LogP contribution < -0.4 is 9.47 Å². The quantitative estimate of drug-likeness (QED) is 0.329. The number of benzene rings is 3. The van der Waals surface area contributed by atoms with Gasteiger partial charge >= 0.3 is 0 Å². The normalized spacial score (nSPS) is 17.8. The maximum Gasteiger partial charge on any atom is 0.134 e. The summed E-state index contributed by atoms with van der Waals surface area (Å²) in [4.78, 5) is 2.25. The topological polar surface area (TPSA) is 41.9 Å². The molecule has 0 amide bonds. The Morgan fingerprint density at radius 2 is 1.76 bits per heavy atom. The lowest BCUT2D eigenvalue weighted by Crippen LogP contribution is -2.26. The Hall–Kier alpha value is -3.38. The second kappa shape index (κ2) is 12.0.